The molecule has 88 valence electrons. The highest BCUT2D eigenvalue weighted by molar-refractivity contribution is 9.10. The smallest absolute Gasteiger partial charge is 0.0621 e. The number of hydrogen-bond donors (Lipinski definition) is 2. The Kier molecular flexibility index (Phi) is 4.38. The van der Waals surface area contributed by atoms with Gasteiger partial charge in [-0.2, -0.15) is 0 Å². The van der Waals surface area contributed by atoms with E-state index in [1.807, 2.05) is 18.2 Å². The Morgan fingerprint density at radius 2 is 2.25 bits per heavy atom. The zero-order valence-corrected chi connectivity index (χ0v) is 10.9. The number of benzene rings is 1. The van der Waals surface area contributed by atoms with Crippen LogP contribution < -0.4 is 5.32 Å². The number of hydrogen-bond acceptors (Lipinski definition) is 2. The average molecular weight is 284 g/mol. The number of aliphatic hydroxyl groups is 1. The summed E-state index contributed by atoms with van der Waals surface area (Å²) in [6, 6.07) is 8.12. The highest BCUT2D eigenvalue weighted by Crippen LogP contribution is 2.22. The molecule has 2 rings (SSSR count). The van der Waals surface area contributed by atoms with Crippen molar-refractivity contribution < 1.29 is 5.11 Å². The monoisotopic (exact) mass is 283 g/mol. The lowest BCUT2D eigenvalue weighted by Gasteiger charge is -2.27. The van der Waals surface area contributed by atoms with Crippen LogP contribution in [0.3, 0.4) is 0 Å². The molecule has 0 aromatic heterocycles. The van der Waals surface area contributed by atoms with Crippen molar-refractivity contribution in [3.8, 4) is 0 Å². The van der Waals surface area contributed by atoms with Gasteiger partial charge in [-0.05, 0) is 43.4 Å². The number of halogens is 1. The van der Waals surface area contributed by atoms with E-state index in [1.54, 1.807) is 0 Å². The summed E-state index contributed by atoms with van der Waals surface area (Å²) in [7, 11) is 0. The van der Waals surface area contributed by atoms with E-state index < -0.39 is 0 Å². The molecule has 2 unspecified atom stereocenters. The van der Waals surface area contributed by atoms with Gasteiger partial charge in [-0.1, -0.05) is 34.1 Å². The standard InChI is InChI=1S/C13H18BrNO/c14-12-6-2-1-4-10(12)8-13(16)11-5-3-7-15-9-11/h1-2,4,6,11,13,15-16H,3,5,7-9H2. The predicted molar refractivity (Wildman–Crippen MR) is 69.4 cm³/mol. The minimum absolute atomic E-state index is 0.230. The van der Waals surface area contributed by atoms with E-state index in [1.165, 1.54) is 12.0 Å². The van der Waals surface area contributed by atoms with Crippen LogP contribution in [0.15, 0.2) is 28.7 Å². The van der Waals surface area contributed by atoms with Gasteiger partial charge in [-0.15, -0.1) is 0 Å². The number of rotatable bonds is 3. The summed E-state index contributed by atoms with van der Waals surface area (Å²) in [4.78, 5) is 0. The third-order valence-electron chi connectivity index (χ3n) is 3.27. The summed E-state index contributed by atoms with van der Waals surface area (Å²) in [5, 5.41) is 13.5. The molecule has 2 atom stereocenters. The molecule has 1 aromatic carbocycles. The van der Waals surface area contributed by atoms with Crippen LogP contribution in [0.25, 0.3) is 0 Å². The lowest BCUT2D eigenvalue weighted by atomic mass is 9.90. The second-order valence-corrected chi connectivity index (χ2v) is 5.32. The summed E-state index contributed by atoms with van der Waals surface area (Å²) in [5.74, 6) is 0.404. The maximum absolute atomic E-state index is 10.2. The van der Waals surface area contributed by atoms with Gasteiger partial charge in [0, 0.05) is 11.0 Å². The molecule has 1 aromatic rings. The summed E-state index contributed by atoms with van der Waals surface area (Å²) >= 11 is 3.52. The van der Waals surface area contributed by atoms with Crippen LogP contribution in [0.4, 0.5) is 0 Å². The molecular formula is C13H18BrNO. The van der Waals surface area contributed by atoms with Crippen molar-refractivity contribution in [3.63, 3.8) is 0 Å². The van der Waals surface area contributed by atoms with Crippen LogP contribution in [-0.2, 0) is 6.42 Å². The minimum Gasteiger partial charge on any atom is -0.392 e. The van der Waals surface area contributed by atoms with Crippen molar-refractivity contribution in [1.82, 2.24) is 5.32 Å². The fraction of sp³-hybridized carbons (Fsp3) is 0.538. The highest BCUT2D eigenvalue weighted by Gasteiger charge is 2.22. The number of piperidine rings is 1. The van der Waals surface area contributed by atoms with Gasteiger partial charge in [0.1, 0.15) is 0 Å². The Bertz CT molecular complexity index is 336. The molecule has 2 nitrogen and oxygen atoms in total. The molecule has 1 aliphatic heterocycles. The molecule has 1 aliphatic rings. The molecule has 0 spiro atoms. The fourth-order valence-corrected chi connectivity index (χ4v) is 2.71. The molecule has 0 aliphatic carbocycles. The van der Waals surface area contributed by atoms with Gasteiger partial charge in [-0.3, -0.25) is 0 Å². The van der Waals surface area contributed by atoms with Gasteiger partial charge in [0.2, 0.25) is 0 Å². The third kappa shape index (κ3) is 3.06. The first kappa shape index (κ1) is 12.1. The molecule has 0 bridgehead atoms. The van der Waals surface area contributed by atoms with Crippen molar-refractivity contribution in [3.05, 3.63) is 34.3 Å². The Hall–Kier alpha value is -0.380. The molecule has 0 saturated carbocycles. The van der Waals surface area contributed by atoms with Gasteiger partial charge < -0.3 is 10.4 Å². The summed E-state index contributed by atoms with van der Waals surface area (Å²) < 4.78 is 1.10. The van der Waals surface area contributed by atoms with E-state index in [9.17, 15) is 5.11 Å². The Morgan fingerprint density at radius 3 is 2.94 bits per heavy atom. The van der Waals surface area contributed by atoms with Crippen molar-refractivity contribution in [1.29, 1.82) is 0 Å². The maximum atomic E-state index is 10.2. The summed E-state index contributed by atoms with van der Waals surface area (Å²) in [6.07, 6.45) is 2.83. The Balaban J connectivity index is 1.96. The summed E-state index contributed by atoms with van der Waals surface area (Å²) in [5.41, 5.74) is 1.19. The van der Waals surface area contributed by atoms with Gasteiger partial charge >= 0.3 is 0 Å². The van der Waals surface area contributed by atoms with E-state index in [-0.39, 0.29) is 6.10 Å². The second-order valence-electron chi connectivity index (χ2n) is 4.47. The molecule has 2 N–H and O–H groups in total. The molecule has 0 radical (unpaired) electrons. The van der Waals surface area contributed by atoms with Crippen LogP contribution in [0.5, 0.6) is 0 Å². The van der Waals surface area contributed by atoms with Crippen molar-refractivity contribution in [2.75, 3.05) is 13.1 Å². The SMILES string of the molecule is OC(Cc1ccccc1Br)C1CCCNC1. The zero-order chi connectivity index (χ0) is 11.4. The topological polar surface area (TPSA) is 32.3 Å². The van der Waals surface area contributed by atoms with Crippen molar-refractivity contribution >= 4 is 15.9 Å². The van der Waals surface area contributed by atoms with Gasteiger partial charge in [0.15, 0.2) is 0 Å². The first-order chi connectivity index (χ1) is 7.77. The molecule has 0 amide bonds. The predicted octanol–water partition coefficient (Wildman–Crippen LogP) is 2.35. The van der Waals surface area contributed by atoms with Crippen LogP contribution >= 0.6 is 15.9 Å². The third-order valence-corrected chi connectivity index (χ3v) is 4.04. The van der Waals surface area contributed by atoms with Crippen LogP contribution in [0.2, 0.25) is 0 Å². The second kappa shape index (κ2) is 5.80. The van der Waals surface area contributed by atoms with E-state index in [0.717, 1.165) is 30.4 Å². The van der Waals surface area contributed by atoms with Crippen LogP contribution in [0, 0.1) is 5.92 Å². The van der Waals surface area contributed by atoms with E-state index in [0.29, 0.717) is 5.92 Å². The average Bonchev–Trinajstić information content (AvgIpc) is 2.33. The lowest BCUT2D eigenvalue weighted by molar-refractivity contribution is 0.0921. The summed E-state index contributed by atoms with van der Waals surface area (Å²) in [6.45, 7) is 2.05. The van der Waals surface area contributed by atoms with Crippen molar-refractivity contribution in [2.45, 2.75) is 25.4 Å². The minimum atomic E-state index is -0.230. The fourth-order valence-electron chi connectivity index (χ4n) is 2.26. The van der Waals surface area contributed by atoms with Gasteiger partial charge in [0.25, 0.3) is 0 Å². The van der Waals surface area contributed by atoms with Crippen LogP contribution in [0.1, 0.15) is 18.4 Å². The van der Waals surface area contributed by atoms with Crippen LogP contribution in [-0.4, -0.2) is 24.3 Å². The molecule has 1 fully saturated rings. The largest absolute Gasteiger partial charge is 0.392 e. The molecule has 16 heavy (non-hydrogen) atoms. The number of aliphatic hydroxyl groups excluding tert-OH is 1. The first-order valence-electron chi connectivity index (χ1n) is 5.89. The normalized spacial score (nSPS) is 23.0. The molecule has 1 saturated heterocycles. The van der Waals surface area contributed by atoms with E-state index in [4.69, 9.17) is 0 Å². The van der Waals surface area contributed by atoms with E-state index in [2.05, 4.69) is 27.3 Å². The quantitative estimate of drug-likeness (QED) is 0.893. The lowest BCUT2D eigenvalue weighted by Crippen LogP contribution is -2.37. The zero-order valence-electron chi connectivity index (χ0n) is 9.32. The molecular weight excluding hydrogens is 266 g/mol. The number of nitrogens with one attached hydrogen (secondary N) is 1. The maximum Gasteiger partial charge on any atom is 0.0621 e. The van der Waals surface area contributed by atoms with E-state index >= 15 is 0 Å². The molecule has 1 heterocycles. The Labute approximate surface area is 105 Å². The van der Waals surface area contributed by atoms with Gasteiger partial charge in [0.05, 0.1) is 6.10 Å². The van der Waals surface area contributed by atoms with Gasteiger partial charge in [-0.25, -0.2) is 0 Å². The van der Waals surface area contributed by atoms with Crippen molar-refractivity contribution in [2.24, 2.45) is 5.92 Å². The Morgan fingerprint density at radius 1 is 1.44 bits per heavy atom. The molecule has 3 heteroatoms. The first-order valence-corrected chi connectivity index (χ1v) is 6.69. The highest BCUT2D eigenvalue weighted by atomic mass is 79.9.